The predicted molar refractivity (Wildman–Crippen MR) is 142 cm³/mol. The van der Waals surface area contributed by atoms with Gasteiger partial charge in [-0.3, -0.25) is 0 Å². The fourth-order valence-corrected chi connectivity index (χ4v) is 4.03. The van der Waals surface area contributed by atoms with Gasteiger partial charge in [0.15, 0.2) is 0 Å². The Balaban J connectivity index is 1.51. The van der Waals surface area contributed by atoms with Gasteiger partial charge >= 0.3 is 0 Å². The number of hydrogen-bond donors (Lipinski definition) is 0. The van der Waals surface area contributed by atoms with Gasteiger partial charge in [0, 0.05) is 0 Å². The van der Waals surface area contributed by atoms with Crippen LogP contribution < -0.4 is 0 Å². The smallest absolute Gasteiger partial charge is 0.00992 e. The standard InChI is InChI=1S/C32H26/c1-23-3-7-25(8-4-23)11-13-27-15-17-29-19-20-30-18-16-28(22-32(30)31(29)21-27)14-12-26-9-5-24(2)6-10-26/h3-22H,1-2H3/b13-11+,14-12+. The van der Waals surface area contributed by atoms with Gasteiger partial charge in [-0.05, 0) is 69.8 Å². The maximum Gasteiger partial charge on any atom is -0.00992 e. The maximum atomic E-state index is 2.30. The lowest BCUT2D eigenvalue weighted by atomic mass is 9.97. The van der Waals surface area contributed by atoms with E-state index < -0.39 is 0 Å². The molecular formula is C32H26. The molecule has 0 N–H and O–H groups in total. The number of rotatable bonds is 4. The molecule has 0 nitrogen and oxygen atoms in total. The Labute approximate surface area is 190 Å². The lowest BCUT2D eigenvalue weighted by Crippen LogP contribution is -1.82. The second-order valence-electron chi connectivity index (χ2n) is 8.51. The minimum Gasteiger partial charge on any atom is -0.0587 e. The zero-order valence-corrected chi connectivity index (χ0v) is 18.5. The van der Waals surface area contributed by atoms with Gasteiger partial charge in [-0.25, -0.2) is 0 Å². The molecule has 0 radical (unpaired) electrons. The highest BCUT2D eigenvalue weighted by Gasteiger charge is 2.02. The van der Waals surface area contributed by atoms with Crippen molar-refractivity contribution in [1.29, 1.82) is 0 Å². The van der Waals surface area contributed by atoms with E-state index in [4.69, 9.17) is 0 Å². The Hall–Kier alpha value is -3.90. The van der Waals surface area contributed by atoms with E-state index in [9.17, 15) is 0 Å². The van der Waals surface area contributed by atoms with Crippen LogP contribution in [0.1, 0.15) is 33.4 Å². The van der Waals surface area contributed by atoms with Gasteiger partial charge in [-0.2, -0.15) is 0 Å². The summed E-state index contributed by atoms with van der Waals surface area (Å²) >= 11 is 0. The van der Waals surface area contributed by atoms with Gasteiger partial charge in [-0.15, -0.1) is 0 Å². The van der Waals surface area contributed by atoms with Crippen molar-refractivity contribution in [2.24, 2.45) is 0 Å². The average Bonchev–Trinajstić information content (AvgIpc) is 2.83. The highest BCUT2D eigenvalue weighted by atomic mass is 14.1. The molecule has 0 spiro atoms. The first kappa shape index (κ1) is 20.0. The van der Waals surface area contributed by atoms with Crippen LogP contribution in [0.2, 0.25) is 0 Å². The highest BCUT2D eigenvalue weighted by molar-refractivity contribution is 6.09. The molecule has 154 valence electrons. The van der Waals surface area contributed by atoms with Crippen molar-refractivity contribution < 1.29 is 0 Å². The zero-order valence-electron chi connectivity index (χ0n) is 18.5. The van der Waals surface area contributed by atoms with Crippen LogP contribution in [0.4, 0.5) is 0 Å². The van der Waals surface area contributed by atoms with E-state index in [1.807, 2.05) is 0 Å². The maximum absolute atomic E-state index is 2.30. The van der Waals surface area contributed by atoms with E-state index in [0.29, 0.717) is 0 Å². The fraction of sp³-hybridized carbons (Fsp3) is 0.0625. The number of fused-ring (bicyclic) bond motifs is 3. The quantitative estimate of drug-likeness (QED) is 0.205. The normalized spacial score (nSPS) is 11.8. The van der Waals surface area contributed by atoms with Crippen LogP contribution >= 0.6 is 0 Å². The lowest BCUT2D eigenvalue weighted by molar-refractivity contribution is 1.46. The van der Waals surface area contributed by atoms with Gasteiger partial charge in [-0.1, -0.05) is 120 Å². The molecule has 0 aliphatic heterocycles. The largest absolute Gasteiger partial charge is 0.0587 e. The molecule has 0 aliphatic carbocycles. The van der Waals surface area contributed by atoms with Crippen molar-refractivity contribution in [3.8, 4) is 0 Å². The van der Waals surface area contributed by atoms with E-state index in [1.165, 1.54) is 54.9 Å². The van der Waals surface area contributed by atoms with E-state index in [1.54, 1.807) is 0 Å². The van der Waals surface area contributed by atoms with Crippen LogP contribution in [0.25, 0.3) is 45.8 Å². The van der Waals surface area contributed by atoms with Crippen LogP contribution in [0.15, 0.2) is 97.1 Å². The molecule has 0 heterocycles. The summed E-state index contributed by atoms with van der Waals surface area (Å²) in [5.41, 5.74) is 7.43. The van der Waals surface area contributed by atoms with Crippen LogP contribution in [0.3, 0.4) is 0 Å². The molecule has 0 amide bonds. The summed E-state index contributed by atoms with van der Waals surface area (Å²) in [6, 6.07) is 35.1. The second-order valence-corrected chi connectivity index (χ2v) is 8.51. The lowest BCUT2D eigenvalue weighted by Gasteiger charge is -2.07. The summed E-state index contributed by atoms with van der Waals surface area (Å²) in [7, 11) is 0. The van der Waals surface area contributed by atoms with Gasteiger partial charge < -0.3 is 0 Å². The summed E-state index contributed by atoms with van der Waals surface area (Å²) in [5, 5.41) is 5.12. The van der Waals surface area contributed by atoms with Crippen molar-refractivity contribution in [3.63, 3.8) is 0 Å². The molecule has 32 heavy (non-hydrogen) atoms. The Morgan fingerprint density at radius 3 is 1.09 bits per heavy atom. The van der Waals surface area contributed by atoms with Crippen LogP contribution in [-0.2, 0) is 0 Å². The van der Waals surface area contributed by atoms with Crippen LogP contribution in [-0.4, -0.2) is 0 Å². The topological polar surface area (TPSA) is 0 Å². The monoisotopic (exact) mass is 410 g/mol. The molecule has 5 aromatic carbocycles. The first-order valence-corrected chi connectivity index (χ1v) is 11.1. The summed E-state index contributed by atoms with van der Waals surface area (Å²) in [6.07, 6.45) is 8.76. The van der Waals surface area contributed by atoms with Gasteiger partial charge in [0.2, 0.25) is 0 Å². The average molecular weight is 411 g/mol. The molecule has 0 saturated heterocycles. The predicted octanol–water partition coefficient (Wildman–Crippen LogP) is 8.95. The molecule has 0 heteroatoms. The first-order valence-electron chi connectivity index (χ1n) is 11.1. The van der Waals surface area contributed by atoms with Crippen molar-refractivity contribution in [2.45, 2.75) is 13.8 Å². The molecule has 5 rings (SSSR count). The van der Waals surface area contributed by atoms with Gasteiger partial charge in [0.25, 0.3) is 0 Å². The first-order chi connectivity index (χ1) is 15.6. The molecule has 0 aromatic heterocycles. The van der Waals surface area contributed by atoms with Crippen LogP contribution in [0, 0.1) is 13.8 Å². The van der Waals surface area contributed by atoms with Crippen molar-refractivity contribution in [3.05, 3.63) is 130 Å². The summed E-state index contributed by atoms with van der Waals surface area (Å²) in [6.45, 7) is 4.23. The third-order valence-corrected chi connectivity index (χ3v) is 5.98. The minimum absolute atomic E-state index is 1.21. The molecule has 5 aromatic rings. The van der Waals surface area contributed by atoms with E-state index in [-0.39, 0.29) is 0 Å². The van der Waals surface area contributed by atoms with Crippen molar-refractivity contribution in [2.75, 3.05) is 0 Å². The van der Waals surface area contributed by atoms with Gasteiger partial charge in [0.05, 0.1) is 0 Å². The van der Waals surface area contributed by atoms with E-state index >= 15 is 0 Å². The van der Waals surface area contributed by atoms with Gasteiger partial charge in [0.1, 0.15) is 0 Å². The number of benzene rings is 5. The molecule has 0 fully saturated rings. The highest BCUT2D eigenvalue weighted by Crippen LogP contribution is 2.28. The van der Waals surface area contributed by atoms with Crippen molar-refractivity contribution in [1.82, 2.24) is 0 Å². The van der Waals surface area contributed by atoms with E-state index in [2.05, 4.69) is 135 Å². The Morgan fingerprint density at radius 2 is 0.688 bits per heavy atom. The third kappa shape index (κ3) is 4.40. The molecule has 0 saturated carbocycles. The number of aryl methyl sites for hydroxylation is 2. The summed E-state index contributed by atoms with van der Waals surface area (Å²) in [4.78, 5) is 0. The molecule has 0 aliphatic rings. The molecule has 0 atom stereocenters. The minimum atomic E-state index is 1.21. The Bertz CT molecular complexity index is 1330. The fourth-order valence-electron chi connectivity index (χ4n) is 4.03. The zero-order chi connectivity index (χ0) is 21.9. The Morgan fingerprint density at radius 1 is 0.375 bits per heavy atom. The second kappa shape index (κ2) is 8.69. The molecule has 0 unspecified atom stereocenters. The molecule has 0 bridgehead atoms. The van der Waals surface area contributed by atoms with E-state index in [0.717, 1.165) is 0 Å². The number of hydrogen-bond acceptors (Lipinski definition) is 0. The summed E-state index contributed by atoms with van der Waals surface area (Å²) < 4.78 is 0. The molecular weight excluding hydrogens is 384 g/mol. The summed E-state index contributed by atoms with van der Waals surface area (Å²) in [5.74, 6) is 0. The third-order valence-electron chi connectivity index (χ3n) is 5.98. The van der Waals surface area contributed by atoms with Crippen LogP contribution in [0.5, 0.6) is 0 Å². The Kier molecular flexibility index (Phi) is 5.44. The SMILES string of the molecule is Cc1ccc(/C=C/c2ccc3ccc4ccc(/C=C/c5ccc(C)cc5)cc4c3c2)cc1. The van der Waals surface area contributed by atoms with Crippen molar-refractivity contribution >= 4 is 45.8 Å².